The van der Waals surface area contributed by atoms with E-state index in [0.717, 1.165) is 68.3 Å². The van der Waals surface area contributed by atoms with Crippen molar-refractivity contribution < 1.29 is 22.7 Å². The number of rotatable bonds is 10. The minimum Gasteiger partial charge on any atom is -0.378 e. The van der Waals surface area contributed by atoms with Gasteiger partial charge in [-0.2, -0.15) is 0 Å². The lowest BCUT2D eigenvalue weighted by Crippen LogP contribution is -2.58. The SMILES string of the molecule is Cc1cc(NS(C)(=O)=O)cc(C)c1C(=O)N1CCC(C)(N2CCC(N(Cc3ccccc3)c3ccc(C(C)(C)C(=O)N4CCOCC4)cc3)CC2)CC1. The van der Waals surface area contributed by atoms with Gasteiger partial charge in [0.15, 0.2) is 0 Å². The summed E-state index contributed by atoms with van der Waals surface area (Å²) in [5.41, 5.74) is 5.55. The fourth-order valence-electron chi connectivity index (χ4n) is 8.52. The maximum atomic E-state index is 13.8. The lowest BCUT2D eigenvalue weighted by atomic mass is 9.82. The fourth-order valence-corrected chi connectivity index (χ4v) is 9.07. The van der Waals surface area contributed by atoms with E-state index >= 15 is 0 Å². The number of anilines is 2. The predicted octanol–water partition coefficient (Wildman–Crippen LogP) is 5.98. The Morgan fingerprint density at radius 3 is 2.02 bits per heavy atom. The number of carbonyl (C=O) groups is 2. The Balaban J connectivity index is 1.10. The molecule has 3 aromatic rings. The van der Waals surface area contributed by atoms with Crippen LogP contribution in [0.3, 0.4) is 0 Å². The van der Waals surface area contributed by atoms with E-state index in [-0.39, 0.29) is 17.4 Å². The number of hydrogen-bond donors (Lipinski definition) is 1. The number of aryl methyl sites for hydroxylation is 2. The van der Waals surface area contributed by atoms with Crippen LogP contribution >= 0.6 is 0 Å². The maximum Gasteiger partial charge on any atom is 0.254 e. The lowest BCUT2D eigenvalue weighted by Gasteiger charge is -2.50. The van der Waals surface area contributed by atoms with Crippen molar-refractivity contribution in [2.75, 3.05) is 68.4 Å². The Kier molecular flexibility index (Phi) is 11.6. The van der Waals surface area contributed by atoms with Crippen LogP contribution in [-0.2, 0) is 31.5 Å². The second-order valence-electron chi connectivity index (χ2n) is 16.1. The Morgan fingerprint density at radius 2 is 1.45 bits per heavy atom. The van der Waals surface area contributed by atoms with E-state index in [4.69, 9.17) is 4.74 Å². The summed E-state index contributed by atoms with van der Waals surface area (Å²) >= 11 is 0. The number of nitrogens with one attached hydrogen (secondary N) is 1. The van der Waals surface area contributed by atoms with E-state index in [1.807, 2.05) is 37.5 Å². The number of amides is 2. The van der Waals surface area contributed by atoms with Gasteiger partial charge in [0.25, 0.3) is 5.91 Å². The van der Waals surface area contributed by atoms with E-state index in [9.17, 15) is 18.0 Å². The molecule has 0 saturated carbocycles. The van der Waals surface area contributed by atoms with E-state index in [0.29, 0.717) is 56.7 Å². The summed E-state index contributed by atoms with van der Waals surface area (Å²) in [7, 11) is -3.40. The van der Waals surface area contributed by atoms with Crippen LogP contribution in [0.5, 0.6) is 0 Å². The summed E-state index contributed by atoms with van der Waals surface area (Å²) in [5.74, 6) is 0.164. The molecule has 3 aromatic carbocycles. The first kappa shape index (κ1) is 38.8. The largest absolute Gasteiger partial charge is 0.378 e. The number of sulfonamides is 1. The molecule has 3 heterocycles. The van der Waals surface area contributed by atoms with Crippen molar-refractivity contribution in [3.63, 3.8) is 0 Å². The molecule has 0 aliphatic carbocycles. The van der Waals surface area contributed by atoms with Gasteiger partial charge in [-0.15, -0.1) is 0 Å². The second-order valence-corrected chi connectivity index (χ2v) is 17.8. The Bertz CT molecular complexity index is 1840. The van der Waals surface area contributed by atoms with Gasteiger partial charge in [0, 0.05) is 74.3 Å². The fraction of sp³-hybridized carbons (Fsp3) is 0.524. The highest BCUT2D eigenvalue weighted by atomic mass is 32.2. The predicted molar refractivity (Wildman–Crippen MR) is 212 cm³/mol. The molecule has 11 heteroatoms. The van der Waals surface area contributed by atoms with E-state index in [1.165, 1.54) is 11.3 Å². The first-order chi connectivity index (χ1) is 25.1. The standard InChI is InChI=1S/C42H57N5O5S/c1-31-28-35(43-53(6,50)51)29-32(2)38(31)39(48)44-22-18-42(5,19-23-44)46-20-16-37(17-21-46)47(30-33-10-8-7-9-11-33)36-14-12-34(13-15-36)41(3,4)40(49)45-24-26-52-27-25-45/h7-15,28-29,37,43H,16-27,30H2,1-6H3. The quantitative estimate of drug-likeness (QED) is 0.273. The van der Waals surface area contributed by atoms with Crippen LogP contribution in [0, 0.1) is 13.8 Å². The van der Waals surface area contributed by atoms with Crippen molar-refractivity contribution in [3.8, 4) is 0 Å². The number of ether oxygens (including phenoxy) is 1. The molecule has 6 rings (SSSR count). The molecule has 2 amide bonds. The molecule has 10 nitrogen and oxygen atoms in total. The number of morpholine rings is 1. The van der Waals surface area contributed by atoms with E-state index < -0.39 is 15.4 Å². The first-order valence-corrected chi connectivity index (χ1v) is 21.0. The zero-order valence-corrected chi connectivity index (χ0v) is 33.2. The Labute approximate surface area is 316 Å². The molecular weight excluding hydrogens is 687 g/mol. The molecule has 0 atom stereocenters. The number of nitrogens with zero attached hydrogens (tertiary/aromatic N) is 4. The lowest BCUT2D eigenvalue weighted by molar-refractivity contribution is -0.140. The van der Waals surface area contributed by atoms with Crippen molar-refractivity contribution in [2.45, 2.75) is 83.8 Å². The van der Waals surface area contributed by atoms with Gasteiger partial charge in [0.05, 0.1) is 24.9 Å². The third kappa shape index (κ3) is 8.90. The summed E-state index contributed by atoms with van der Waals surface area (Å²) in [6.45, 7) is 16.8. The molecule has 0 radical (unpaired) electrons. The van der Waals surface area contributed by atoms with Crippen LogP contribution in [0.15, 0.2) is 66.7 Å². The van der Waals surface area contributed by atoms with Crippen LogP contribution in [0.2, 0.25) is 0 Å². The van der Waals surface area contributed by atoms with E-state index in [2.05, 4.69) is 76.0 Å². The van der Waals surface area contributed by atoms with Crippen LogP contribution in [0.25, 0.3) is 0 Å². The minimum absolute atomic E-state index is 0.0135. The molecule has 3 fully saturated rings. The van der Waals surface area contributed by atoms with Gasteiger partial charge in [-0.25, -0.2) is 8.42 Å². The topological polar surface area (TPSA) is 102 Å². The summed E-state index contributed by atoms with van der Waals surface area (Å²) < 4.78 is 31.5. The first-order valence-electron chi connectivity index (χ1n) is 19.1. The average molecular weight is 744 g/mol. The van der Waals surface area contributed by atoms with E-state index in [1.54, 1.807) is 12.1 Å². The summed E-state index contributed by atoms with van der Waals surface area (Å²) in [6, 6.07) is 23.2. The van der Waals surface area contributed by atoms with Crippen molar-refractivity contribution in [1.29, 1.82) is 0 Å². The highest BCUT2D eigenvalue weighted by molar-refractivity contribution is 7.92. The average Bonchev–Trinajstić information content (AvgIpc) is 3.14. The smallest absolute Gasteiger partial charge is 0.254 e. The third-order valence-corrected chi connectivity index (χ3v) is 12.4. The van der Waals surface area contributed by atoms with Crippen LogP contribution in [-0.4, -0.2) is 105 Å². The molecule has 53 heavy (non-hydrogen) atoms. The molecule has 0 spiro atoms. The third-order valence-electron chi connectivity index (χ3n) is 11.8. The minimum atomic E-state index is -3.40. The number of carbonyl (C=O) groups excluding carboxylic acids is 2. The normalized spacial score (nSPS) is 18.8. The summed E-state index contributed by atoms with van der Waals surface area (Å²) in [4.78, 5) is 36.4. The Morgan fingerprint density at radius 1 is 0.868 bits per heavy atom. The van der Waals surface area contributed by atoms with Gasteiger partial charge in [-0.05, 0) is 107 Å². The van der Waals surface area contributed by atoms with Gasteiger partial charge < -0.3 is 19.4 Å². The molecule has 3 aliphatic rings. The number of piperidine rings is 2. The van der Waals surface area contributed by atoms with Crippen LogP contribution in [0.4, 0.5) is 11.4 Å². The van der Waals surface area contributed by atoms with Crippen molar-refractivity contribution in [2.24, 2.45) is 0 Å². The van der Waals surface area contributed by atoms with Crippen LogP contribution in [0.1, 0.15) is 79.1 Å². The van der Waals surface area contributed by atoms with Gasteiger partial charge >= 0.3 is 0 Å². The zero-order valence-electron chi connectivity index (χ0n) is 32.4. The molecule has 0 unspecified atom stereocenters. The van der Waals surface area contributed by atoms with Crippen LogP contribution < -0.4 is 9.62 Å². The molecule has 0 aromatic heterocycles. The summed E-state index contributed by atoms with van der Waals surface area (Å²) in [6.07, 6.45) is 5.02. The molecular formula is C42H57N5O5S. The molecule has 0 bridgehead atoms. The van der Waals surface area contributed by atoms with Crippen molar-refractivity contribution in [3.05, 3.63) is 94.5 Å². The molecule has 3 aliphatic heterocycles. The maximum absolute atomic E-state index is 13.8. The highest BCUT2D eigenvalue weighted by Crippen LogP contribution is 2.36. The Hall–Kier alpha value is -3.93. The highest BCUT2D eigenvalue weighted by Gasteiger charge is 2.40. The van der Waals surface area contributed by atoms with Crippen molar-refractivity contribution >= 4 is 33.2 Å². The summed E-state index contributed by atoms with van der Waals surface area (Å²) in [5, 5.41) is 0. The monoisotopic (exact) mass is 743 g/mol. The molecule has 1 N–H and O–H groups in total. The van der Waals surface area contributed by atoms with Crippen molar-refractivity contribution in [1.82, 2.24) is 14.7 Å². The molecule has 286 valence electrons. The zero-order chi connectivity index (χ0) is 38.0. The second kappa shape index (κ2) is 15.8. The molecule has 3 saturated heterocycles. The van der Waals surface area contributed by atoms with Gasteiger partial charge in [0.2, 0.25) is 15.9 Å². The van der Waals surface area contributed by atoms with Gasteiger partial charge in [-0.3, -0.25) is 19.2 Å². The number of hydrogen-bond acceptors (Lipinski definition) is 7. The van der Waals surface area contributed by atoms with Gasteiger partial charge in [0.1, 0.15) is 0 Å². The number of likely N-dealkylation sites (tertiary alicyclic amines) is 2. The van der Waals surface area contributed by atoms with Gasteiger partial charge in [-0.1, -0.05) is 42.5 Å². The number of benzene rings is 3.